The molecular formula is C14H12FN3OS. The zero-order valence-corrected chi connectivity index (χ0v) is 11.8. The number of imidazole rings is 1. The van der Waals surface area contributed by atoms with E-state index in [-0.39, 0.29) is 5.75 Å². The van der Waals surface area contributed by atoms with E-state index in [0.717, 1.165) is 11.2 Å². The Kier molecular flexibility index (Phi) is 3.02. The summed E-state index contributed by atoms with van der Waals surface area (Å²) < 4.78 is 20.8. The van der Waals surface area contributed by atoms with Gasteiger partial charge in [0.25, 0.3) is 0 Å². The average molecular weight is 289 g/mol. The predicted molar refractivity (Wildman–Crippen MR) is 77.5 cm³/mol. The van der Waals surface area contributed by atoms with Crippen LogP contribution in [0.25, 0.3) is 16.9 Å². The topological polar surface area (TPSA) is 42.8 Å². The molecule has 0 unspecified atom stereocenters. The maximum absolute atomic E-state index is 13.5. The number of ether oxygens (including phenoxy) is 1. The van der Waals surface area contributed by atoms with Crippen LogP contribution in [0.15, 0.2) is 30.3 Å². The third-order valence-corrected chi connectivity index (χ3v) is 3.35. The fourth-order valence-electron chi connectivity index (χ4n) is 2.11. The fraction of sp³-hybridized carbons (Fsp3) is 0.143. The molecule has 0 aliphatic rings. The average Bonchev–Trinajstić information content (AvgIpc) is 2.75. The number of nitrogens with zero attached hydrogens (tertiary/aromatic N) is 2. The molecule has 0 saturated carbocycles. The second kappa shape index (κ2) is 4.72. The SMILES string of the molecule is COc1cc(-n2c(=S)[nH]c3ccc(C)nc32)ccc1F. The summed E-state index contributed by atoms with van der Waals surface area (Å²) in [6, 6.07) is 8.42. The van der Waals surface area contributed by atoms with E-state index in [1.54, 1.807) is 16.7 Å². The molecule has 2 aromatic heterocycles. The normalized spacial score (nSPS) is 10.9. The molecule has 102 valence electrons. The van der Waals surface area contributed by atoms with Gasteiger partial charge in [0, 0.05) is 11.8 Å². The van der Waals surface area contributed by atoms with Gasteiger partial charge in [-0.3, -0.25) is 4.57 Å². The van der Waals surface area contributed by atoms with Crippen molar-refractivity contribution >= 4 is 23.4 Å². The van der Waals surface area contributed by atoms with Gasteiger partial charge in [0.15, 0.2) is 22.0 Å². The van der Waals surface area contributed by atoms with Gasteiger partial charge in [-0.1, -0.05) is 0 Å². The summed E-state index contributed by atoms with van der Waals surface area (Å²) in [7, 11) is 1.43. The van der Waals surface area contributed by atoms with Gasteiger partial charge >= 0.3 is 0 Å². The van der Waals surface area contributed by atoms with E-state index in [0.29, 0.717) is 16.1 Å². The van der Waals surface area contributed by atoms with Crippen LogP contribution in [0.5, 0.6) is 5.75 Å². The van der Waals surface area contributed by atoms with Gasteiger partial charge in [-0.2, -0.15) is 0 Å². The smallest absolute Gasteiger partial charge is 0.184 e. The molecule has 20 heavy (non-hydrogen) atoms. The third-order valence-electron chi connectivity index (χ3n) is 3.06. The van der Waals surface area contributed by atoms with Gasteiger partial charge in [-0.05, 0) is 43.4 Å². The molecule has 0 spiro atoms. The number of aromatic nitrogens is 3. The zero-order valence-electron chi connectivity index (χ0n) is 11.0. The minimum absolute atomic E-state index is 0.173. The van der Waals surface area contributed by atoms with Gasteiger partial charge in [0.2, 0.25) is 0 Å². The first kappa shape index (κ1) is 12.8. The first-order valence-corrected chi connectivity index (χ1v) is 6.43. The standard InChI is InChI=1S/C14H12FN3OS/c1-8-3-6-11-13(16-8)18(14(20)17-11)9-4-5-10(15)12(7-9)19-2/h3-7H,1-2H3,(H,17,20). The summed E-state index contributed by atoms with van der Waals surface area (Å²) >= 11 is 5.32. The number of H-pyrrole nitrogens is 1. The summed E-state index contributed by atoms with van der Waals surface area (Å²) in [6.45, 7) is 1.91. The Morgan fingerprint density at radius 1 is 1.30 bits per heavy atom. The highest BCUT2D eigenvalue weighted by atomic mass is 32.1. The Hall–Kier alpha value is -2.21. The Morgan fingerprint density at radius 2 is 2.10 bits per heavy atom. The van der Waals surface area contributed by atoms with Crippen molar-refractivity contribution in [2.75, 3.05) is 7.11 Å². The number of aromatic amines is 1. The van der Waals surface area contributed by atoms with Crippen molar-refractivity contribution in [1.29, 1.82) is 0 Å². The van der Waals surface area contributed by atoms with E-state index in [1.165, 1.54) is 13.2 Å². The van der Waals surface area contributed by atoms with Gasteiger partial charge in [-0.15, -0.1) is 0 Å². The zero-order chi connectivity index (χ0) is 14.3. The monoisotopic (exact) mass is 289 g/mol. The first-order chi connectivity index (χ1) is 9.60. The lowest BCUT2D eigenvalue weighted by atomic mass is 10.3. The Bertz CT molecular complexity index is 853. The van der Waals surface area contributed by atoms with Crippen molar-refractivity contribution in [3.63, 3.8) is 0 Å². The number of benzene rings is 1. The minimum atomic E-state index is -0.410. The van der Waals surface area contributed by atoms with Crippen LogP contribution < -0.4 is 4.74 Å². The second-order valence-corrected chi connectivity index (χ2v) is 4.79. The highest BCUT2D eigenvalue weighted by Gasteiger charge is 2.11. The predicted octanol–water partition coefficient (Wildman–Crippen LogP) is 3.54. The van der Waals surface area contributed by atoms with Crippen LogP contribution in [0.4, 0.5) is 4.39 Å². The van der Waals surface area contributed by atoms with Crippen LogP contribution in [0.2, 0.25) is 0 Å². The molecule has 0 aliphatic heterocycles. The largest absolute Gasteiger partial charge is 0.494 e. The van der Waals surface area contributed by atoms with E-state index in [2.05, 4.69) is 9.97 Å². The van der Waals surface area contributed by atoms with Crippen LogP contribution in [-0.4, -0.2) is 21.6 Å². The number of halogens is 1. The van der Waals surface area contributed by atoms with Gasteiger partial charge in [0.05, 0.1) is 18.3 Å². The molecule has 0 atom stereocenters. The van der Waals surface area contributed by atoms with Crippen molar-refractivity contribution in [1.82, 2.24) is 14.5 Å². The summed E-state index contributed by atoms with van der Waals surface area (Å²) in [5.41, 5.74) is 3.14. The van der Waals surface area contributed by atoms with Crippen LogP contribution >= 0.6 is 12.2 Å². The van der Waals surface area contributed by atoms with Crippen molar-refractivity contribution in [2.24, 2.45) is 0 Å². The van der Waals surface area contributed by atoms with Crippen LogP contribution in [0, 0.1) is 17.5 Å². The Labute approximate surface area is 119 Å². The molecule has 0 saturated heterocycles. The Balaban J connectivity index is 2.31. The van der Waals surface area contributed by atoms with E-state index in [4.69, 9.17) is 17.0 Å². The first-order valence-electron chi connectivity index (χ1n) is 6.02. The summed E-state index contributed by atoms with van der Waals surface area (Å²) in [5, 5.41) is 0. The lowest BCUT2D eigenvalue weighted by Crippen LogP contribution is -1.98. The minimum Gasteiger partial charge on any atom is -0.494 e. The van der Waals surface area contributed by atoms with E-state index in [1.807, 2.05) is 19.1 Å². The number of fused-ring (bicyclic) bond motifs is 1. The molecule has 3 aromatic rings. The van der Waals surface area contributed by atoms with Crippen molar-refractivity contribution in [2.45, 2.75) is 6.92 Å². The van der Waals surface area contributed by atoms with Crippen LogP contribution in [0.3, 0.4) is 0 Å². The molecule has 2 heterocycles. The molecule has 0 fully saturated rings. The van der Waals surface area contributed by atoms with E-state index < -0.39 is 5.82 Å². The quantitative estimate of drug-likeness (QED) is 0.734. The van der Waals surface area contributed by atoms with E-state index in [9.17, 15) is 4.39 Å². The number of nitrogens with one attached hydrogen (secondary N) is 1. The van der Waals surface area contributed by atoms with Crippen LogP contribution in [0.1, 0.15) is 5.69 Å². The summed E-state index contributed by atoms with van der Waals surface area (Å²) in [5.74, 6) is -0.238. The van der Waals surface area contributed by atoms with E-state index >= 15 is 0 Å². The number of hydrogen-bond donors (Lipinski definition) is 1. The highest BCUT2D eigenvalue weighted by molar-refractivity contribution is 7.71. The lowest BCUT2D eigenvalue weighted by Gasteiger charge is -2.07. The van der Waals surface area contributed by atoms with Crippen molar-refractivity contribution < 1.29 is 9.13 Å². The molecule has 1 N–H and O–H groups in total. The number of rotatable bonds is 2. The summed E-state index contributed by atoms with van der Waals surface area (Å²) in [4.78, 5) is 7.57. The Morgan fingerprint density at radius 3 is 2.85 bits per heavy atom. The molecule has 0 bridgehead atoms. The van der Waals surface area contributed by atoms with Crippen molar-refractivity contribution in [3.05, 3.63) is 46.6 Å². The van der Waals surface area contributed by atoms with Gasteiger partial charge in [0.1, 0.15) is 0 Å². The molecule has 6 heteroatoms. The number of methoxy groups -OCH3 is 1. The molecule has 0 amide bonds. The second-order valence-electron chi connectivity index (χ2n) is 4.41. The molecule has 0 aliphatic carbocycles. The molecule has 1 aromatic carbocycles. The maximum Gasteiger partial charge on any atom is 0.184 e. The van der Waals surface area contributed by atoms with Gasteiger partial charge < -0.3 is 9.72 Å². The highest BCUT2D eigenvalue weighted by Crippen LogP contribution is 2.24. The molecule has 3 rings (SSSR count). The third kappa shape index (κ3) is 1.98. The number of aryl methyl sites for hydroxylation is 1. The summed E-state index contributed by atoms with van der Waals surface area (Å²) in [6.07, 6.45) is 0. The lowest BCUT2D eigenvalue weighted by molar-refractivity contribution is 0.386. The van der Waals surface area contributed by atoms with Crippen molar-refractivity contribution in [3.8, 4) is 11.4 Å². The van der Waals surface area contributed by atoms with Gasteiger partial charge in [-0.25, -0.2) is 9.37 Å². The number of pyridine rings is 1. The number of hydrogen-bond acceptors (Lipinski definition) is 3. The molecule has 0 radical (unpaired) electrons. The van der Waals surface area contributed by atoms with Crippen LogP contribution in [-0.2, 0) is 0 Å². The fourth-order valence-corrected chi connectivity index (χ4v) is 2.41. The molecular weight excluding hydrogens is 277 g/mol. The molecule has 4 nitrogen and oxygen atoms in total. The maximum atomic E-state index is 13.5.